The van der Waals surface area contributed by atoms with Gasteiger partial charge in [0.1, 0.15) is 5.75 Å². The highest BCUT2D eigenvalue weighted by molar-refractivity contribution is 7.12. The SMILES string of the molecule is c1csc(C2=NN3[C@@H](C2)c2ccccc2O[C@H]3c2c[nH]c3ccccc23)c1. The summed E-state index contributed by atoms with van der Waals surface area (Å²) in [5.41, 5.74) is 4.60. The summed E-state index contributed by atoms with van der Waals surface area (Å²) in [6.45, 7) is 0. The zero-order valence-corrected chi connectivity index (χ0v) is 15.3. The van der Waals surface area contributed by atoms with Crippen molar-refractivity contribution in [1.29, 1.82) is 0 Å². The van der Waals surface area contributed by atoms with Crippen LogP contribution in [0.5, 0.6) is 5.75 Å². The molecule has 4 heterocycles. The van der Waals surface area contributed by atoms with E-state index in [4.69, 9.17) is 9.84 Å². The number of hydrazone groups is 1. The lowest BCUT2D eigenvalue weighted by molar-refractivity contribution is -0.0180. The number of benzene rings is 2. The van der Waals surface area contributed by atoms with Gasteiger partial charge >= 0.3 is 0 Å². The Labute approximate surface area is 160 Å². The Morgan fingerprint density at radius 1 is 1.00 bits per heavy atom. The molecule has 2 aromatic carbocycles. The van der Waals surface area contributed by atoms with Gasteiger partial charge in [-0.3, -0.25) is 0 Å². The number of para-hydroxylation sites is 2. The van der Waals surface area contributed by atoms with Gasteiger partial charge in [-0.1, -0.05) is 42.5 Å². The number of fused-ring (bicyclic) bond motifs is 4. The van der Waals surface area contributed by atoms with Crippen molar-refractivity contribution in [1.82, 2.24) is 9.99 Å². The van der Waals surface area contributed by atoms with Crippen molar-refractivity contribution in [3.05, 3.63) is 88.2 Å². The van der Waals surface area contributed by atoms with Crippen LogP contribution in [0.15, 0.2) is 77.3 Å². The molecular weight excluding hydrogens is 354 g/mol. The maximum absolute atomic E-state index is 6.47. The first-order valence-corrected chi connectivity index (χ1v) is 9.98. The van der Waals surface area contributed by atoms with Gasteiger partial charge in [-0.25, -0.2) is 5.01 Å². The van der Waals surface area contributed by atoms with E-state index in [1.807, 2.05) is 12.1 Å². The lowest BCUT2D eigenvalue weighted by Crippen LogP contribution is -2.33. The molecule has 2 aliphatic rings. The van der Waals surface area contributed by atoms with Crippen molar-refractivity contribution >= 4 is 28.0 Å². The Bertz CT molecular complexity index is 1160. The molecule has 2 aliphatic heterocycles. The Hall–Kier alpha value is -3.05. The molecule has 2 atom stereocenters. The fourth-order valence-corrected chi connectivity index (χ4v) is 4.85. The fourth-order valence-electron chi connectivity index (χ4n) is 4.13. The molecule has 0 spiro atoms. The van der Waals surface area contributed by atoms with E-state index in [0.717, 1.165) is 29.0 Å². The summed E-state index contributed by atoms with van der Waals surface area (Å²) in [4.78, 5) is 4.61. The second-order valence-corrected chi connectivity index (χ2v) is 7.87. The molecule has 0 saturated carbocycles. The van der Waals surface area contributed by atoms with E-state index in [0.29, 0.717) is 0 Å². The molecule has 27 heavy (non-hydrogen) atoms. The number of rotatable bonds is 2. The first kappa shape index (κ1) is 15.1. The molecule has 2 aromatic heterocycles. The predicted molar refractivity (Wildman–Crippen MR) is 108 cm³/mol. The quantitative estimate of drug-likeness (QED) is 0.507. The molecule has 0 fully saturated rings. The number of thiophene rings is 1. The topological polar surface area (TPSA) is 40.6 Å². The summed E-state index contributed by atoms with van der Waals surface area (Å²) < 4.78 is 6.47. The number of hydrogen-bond acceptors (Lipinski definition) is 4. The lowest BCUT2D eigenvalue weighted by Gasteiger charge is -2.37. The van der Waals surface area contributed by atoms with Gasteiger partial charge in [-0.05, 0) is 23.6 Å². The van der Waals surface area contributed by atoms with Gasteiger partial charge < -0.3 is 9.72 Å². The summed E-state index contributed by atoms with van der Waals surface area (Å²) in [6, 6.07) is 21.1. The van der Waals surface area contributed by atoms with Crippen molar-refractivity contribution in [2.24, 2.45) is 5.10 Å². The average Bonchev–Trinajstić information content (AvgIpc) is 3.46. The maximum atomic E-state index is 6.47. The number of aromatic amines is 1. The summed E-state index contributed by atoms with van der Waals surface area (Å²) in [5.74, 6) is 0.955. The van der Waals surface area contributed by atoms with Gasteiger partial charge in [-0.2, -0.15) is 5.10 Å². The molecule has 0 aliphatic carbocycles. The van der Waals surface area contributed by atoms with Gasteiger partial charge in [0, 0.05) is 34.6 Å². The highest BCUT2D eigenvalue weighted by Crippen LogP contribution is 2.48. The monoisotopic (exact) mass is 371 g/mol. The number of H-pyrrole nitrogens is 1. The van der Waals surface area contributed by atoms with Gasteiger partial charge in [0.25, 0.3) is 0 Å². The van der Waals surface area contributed by atoms with E-state index >= 15 is 0 Å². The van der Waals surface area contributed by atoms with Crippen LogP contribution in [0.25, 0.3) is 10.9 Å². The van der Waals surface area contributed by atoms with E-state index in [1.54, 1.807) is 11.3 Å². The fraction of sp³-hybridized carbons (Fsp3) is 0.136. The Morgan fingerprint density at radius 3 is 2.81 bits per heavy atom. The van der Waals surface area contributed by atoms with Gasteiger partial charge in [0.2, 0.25) is 6.23 Å². The van der Waals surface area contributed by atoms with Crippen molar-refractivity contribution in [2.75, 3.05) is 0 Å². The highest BCUT2D eigenvalue weighted by atomic mass is 32.1. The summed E-state index contributed by atoms with van der Waals surface area (Å²) >= 11 is 1.74. The van der Waals surface area contributed by atoms with E-state index in [9.17, 15) is 0 Å². The maximum Gasteiger partial charge on any atom is 0.215 e. The van der Waals surface area contributed by atoms with E-state index in [2.05, 4.69) is 70.1 Å². The third kappa shape index (κ3) is 2.25. The minimum atomic E-state index is -0.237. The van der Waals surface area contributed by atoms with Gasteiger partial charge in [0.05, 0.1) is 16.6 Å². The first-order valence-electron chi connectivity index (χ1n) is 9.10. The van der Waals surface area contributed by atoms with Crippen LogP contribution in [0, 0.1) is 0 Å². The largest absolute Gasteiger partial charge is 0.464 e. The first-order chi connectivity index (χ1) is 13.4. The molecule has 0 unspecified atom stereocenters. The Kier molecular flexibility index (Phi) is 3.19. The average molecular weight is 371 g/mol. The van der Waals surface area contributed by atoms with Crippen LogP contribution >= 0.6 is 11.3 Å². The third-order valence-corrected chi connectivity index (χ3v) is 6.31. The molecule has 0 bridgehead atoms. The van der Waals surface area contributed by atoms with Crippen LogP contribution in [0.4, 0.5) is 0 Å². The number of aromatic nitrogens is 1. The molecule has 0 amide bonds. The Balaban J connectivity index is 1.51. The van der Waals surface area contributed by atoms with Crippen molar-refractivity contribution < 1.29 is 4.74 Å². The summed E-state index contributed by atoms with van der Waals surface area (Å²) in [5, 5.41) is 10.5. The molecule has 6 rings (SSSR count). The minimum absolute atomic E-state index is 0.200. The number of nitrogens with zero attached hydrogens (tertiary/aromatic N) is 2. The molecule has 1 N–H and O–H groups in total. The number of ether oxygens (including phenoxy) is 1. The Morgan fingerprint density at radius 2 is 1.89 bits per heavy atom. The smallest absolute Gasteiger partial charge is 0.215 e. The molecule has 0 radical (unpaired) electrons. The van der Waals surface area contributed by atoms with Gasteiger partial charge in [-0.15, -0.1) is 11.3 Å². The van der Waals surface area contributed by atoms with Crippen LogP contribution in [-0.2, 0) is 0 Å². The molecule has 132 valence electrons. The van der Waals surface area contributed by atoms with Crippen molar-refractivity contribution in [3.63, 3.8) is 0 Å². The van der Waals surface area contributed by atoms with Crippen LogP contribution in [-0.4, -0.2) is 15.7 Å². The minimum Gasteiger partial charge on any atom is -0.464 e. The van der Waals surface area contributed by atoms with Crippen molar-refractivity contribution in [2.45, 2.75) is 18.7 Å². The summed E-state index contributed by atoms with van der Waals surface area (Å²) in [6.07, 6.45) is 2.72. The molecule has 4 nitrogen and oxygen atoms in total. The standard InChI is InChI=1S/C22H17N3OS/c1-3-8-17-14(6-1)16(13-23-17)22-25-19(15-7-2-4-9-20(15)26-22)12-18(24-25)21-10-5-11-27-21/h1-11,13,19,22-23H,12H2/t19-,22-/m0/s1. The predicted octanol–water partition coefficient (Wildman–Crippen LogP) is 5.47. The molecular formula is C22H17N3OS. The van der Waals surface area contributed by atoms with E-state index < -0.39 is 0 Å². The van der Waals surface area contributed by atoms with Gasteiger partial charge in [0.15, 0.2) is 0 Å². The van der Waals surface area contributed by atoms with Crippen LogP contribution < -0.4 is 4.74 Å². The van der Waals surface area contributed by atoms with Crippen molar-refractivity contribution in [3.8, 4) is 5.75 Å². The zero-order valence-electron chi connectivity index (χ0n) is 14.5. The van der Waals surface area contributed by atoms with Crippen LogP contribution in [0.3, 0.4) is 0 Å². The number of nitrogens with one attached hydrogen (secondary N) is 1. The zero-order chi connectivity index (χ0) is 17.8. The molecule has 4 aromatic rings. The van der Waals surface area contributed by atoms with E-state index in [1.165, 1.54) is 15.8 Å². The lowest BCUT2D eigenvalue weighted by atomic mass is 9.97. The van der Waals surface area contributed by atoms with E-state index in [-0.39, 0.29) is 12.3 Å². The number of hydrogen-bond donors (Lipinski definition) is 1. The highest BCUT2D eigenvalue weighted by Gasteiger charge is 2.41. The summed E-state index contributed by atoms with van der Waals surface area (Å²) in [7, 11) is 0. The normalized spacial score (nSPS) is 20.9. The third-order valence-electron chi connectivity index (χ3n) is 5.39. The second kappa shape index (κ2) is 5.72. The second-order valence-electron chi connectivity index (χ2n) is 6.92. The van der Waals surface area contributed by atoms with Crippen LogP contribution in [0.2, 0.25) is 0 Å². The molecule has 0 saturated heterocycles. The van der Waals surface area contributed by atoms with Crippen LogP contribution in [0.1, 0.15) is 34.7 Å². The molecule has 5 heteroatoms.